The van der Waals surface area contributed by atoms with Gasteiger partial charge in [0.15, 0.2) is 17.2 Å². The molecule has 0 radical (unpaired) electrons. The number of amides is 1. The van der Waals surface area contributed by atoms with Crippen LogP contribution in [0.5, 0.6) is 11.5 Å². The normalized spacial score (nSPS) is 13.4. The molecule has 1 N–H and O–H groups in total. The van der Waals surface area contributed by atoms with Gasteiger partial charge in [-0.15, -0.1) is 5.10 Å². The summed E-state index contributed by atoms with van der Waals surface area (Å²) in [6.07, 6.45) is 0. The fourth-order valence-corrected chi connectivity index (χ4v) is 3.31. The van der Waals surface area contributed by atoms with Crippen LogP contribution in [0.3, 0.4) is 0 Å². The molecule has 0 aliphatic carbocycles. The first kappa shape index (κ1) is 17.5. The van der Waals surface area contributed by atoms with E-state index in [1.807, 2.05) is 56.3 Å². The largest absolute Gasteiger partial charge is 0.454 e. The zero-order valence-electron chi connectivity index (χ0n) is 14.8. The third-order valence-corrected chi connectivity index (χ3v) is 4.90. The Morgan fingerprint density at radius 2 is 2.04 bits per heavy atom. The second kappa shape index (κ2) is 7.03. The molecule has 0 saturated carbocycles. The highest BCUT2D eigenvalue weighted by molar-refractivity contribution is 9.10. The first-order chi connectivity index (χ1) is 13.0. The summed E-state index contributed by atoms with van der Waals surface area (Å²) in [7, 11) is 0. The Morgan fingerprint density at radius 1 is 1.22 bits per heavy atom. The van der Waals surface area contributed by atoms with Gasteiger partial charge in [0.05, 0.1) is 17.4 Å². The summed E-state index contributed by atoms with van der Waals surface area (Å²) in [5.41, 5.74) is 2.72. The van der Waals surface area contributed by atoms with Crippen LogP contribution in [0.4, 0.5) is 0 Å². The summed E-state index contributed by atoms with van der Waals surface area (Å²) in [5.74, 6) is 1.12. The van der Waals surface area contributed by atoms with Crippen molar-refractivity contribution in [3.8, 4) is 17.2 Å². The molecule has 8 heteroatoms. The summed E-state index contributed by atoms with van der Waals surface area (Å²) >= 11 is 3.44. The monoisotopic (exact) mass is 428 g/mol. The van der Waals surface area contributed by atoms with Crippen molar-refractivity contribution in [1.29, 1.82) is 0 Å². The average Bonchev–Trinajstić information content (AvgIpc) is 3.27. The molecule has 3 aromatic rings. The van der Waals surface area contributed by atoms with Gasteiger partial charge < -0.3 is 14.8 Å². The maximum atomic E-state index is 12.7. The van der Waals surface area contributed by atoms with Crippen LogP contribution in [0, 0.1) is 6.92 Å². The number of ether oxygens (including phenoxy) is 2. The van der Waals surface area contributed by atoms with Crippen LogP contribution in [0.15, 0.2) is 46.9 Å². The lowest BCUT2D eigenvalue weighted by atomic mass is 10.1. The quantitative estimate of drug-likeness (QED) is 0.687. The lowest BCUT2D eigenvalue weighted by Gasteiger charge is -2.14. The molecule has 27 heavy (non-hydrogen) atoms. The zero-order chi connectivity index (χ0) is 19.0. The van der Waals surface area contributed by atoms with E-state index in [0.717, 1.165) is 15.7 Å². The van der Waals surface area contributed by atoms with Crippen LogP contribution in [0.1, 0.15) is 34.7 Å². The highest BCUT2D eigenvalue weighted by Crippen LogP contribution is 2.34. The van der Waals surface area contributed by atoms with Gasteiger partial charge in [0.25, 0.3) is 5.91 Å². The van der Waals surface area contributed by atoms with Gasteiger partial charge in [0, 0.05) is 4.47 Å². The van der Waals surface area contributed by atoms with Crippen molar-refractivity contribution in [1.82, 2.24) is 20.3 Å². The van der Waals surface area contributed by atoms with Gasteiger partial charge in [0.2, 0.25) is 6.79 Å². The Bertz CT molecular complexity index is 1020. The first-order valence-electron chi connectivity index (χ1n) is 8.41. The van der Waals surface area contributed by atoms with Crippen molar-refractivity contribution < 1.29 is 14.3 Å². The second-order valence-corrected chi connectivity index (χ2v) is 7.14. The van der Waals surface area contributed by atoms with Crippen LogP contribution < -0.4 is 14.8 Å². The third-order valence-electron chi connectivity index (χ3n) is 4.41. The fourth-order valence-electron chi connectivity index (χ4n) is 2.92. The molecule has 0 bridgehead atoms. The molecular weight excluding hydrogens is 412 g/mol. The molecule has 1 aliphatic heterocycles. The molecule has 1 atom stereocenters. The molecule has 0 spiro atoms. The van der Waals surface area contributed by atoms with E-state index in [2.05, 4.69) is 31.6 Å². The second-order valence-electron chi connectivity index (χ2n) is 6.22. The summed E-state index contributed by atoms with van der Waals surface area (Å²) in [4.78, 5) is 12.7. The Labute approximate surface area is 164 Å². The van der Waals surface area contributed by atoms with Crippen molar-refractivity contribution in [2.75, 3.05) is 6.79 Å². The minimum absolute atomic E-state index is 0.220. The molecule has 1 unspecified atom stereocenters. The van der Waals surface area contributed by atoms with E-state index >= 15 is 0 Å². The molecule has 2 aromatic carbocycles. The van der Waals surface area contributed by atoms with Crippen LogP contribution in [-0.4, -0.2) is 27.7 Å². The van der Waals surface area contributed by atoms with E-state index < -0.39 is 0 Å². The van der Waals surface area contributed by atoms with Gasteiger partial charge in [-0.25, -0.2) is 4.68 Å². The highest BCUT2D eigenvalue weighted by atomic mass is 79.9. The van der Waals surface area contributed by atoms with E-state index in [-0.39, 0.29) is 18.7 Å². The molecule has 138 valence electrons. The number of carbonyl (C=O) groups excluding carboxylic acids is 1. The van der Waals surface area contributed by atoms with Crippen molar-refractivity contribution in [2.45, 2.75) is 19.9 Å². The minimum atomic E-state index is -0.279. The lowest BCUT2D eigenvalue weighted by Crippen LogP contribution is -2.27. The fraction of sp³-hybridized carbons (Fsp3) is 0.211. The minimum Gasteiger partial charge on any atom is -0.454 e. The number of fused-ring (bicyclic) bond motifs is 1. The van der Waals surface area contributed by atoms with E-state index in [0.29, 0.717) is 22.9 Å². The molecular formula is C19H17BrN4O3. The summed E-state index contributed by atoms with van der Waals surface area (Å²) < 4.78 is 13.3. The van der Waals surface area contributed by atoms with Crippen LogP contribution in [0.25, 0.3) is 5.69 Å². The van der Waals surface area contributed by atoms with Gasteiger partial charge >= 0.3 is 0 Å². The predicted molar refractivity (Wildman–Crippen MR) is 102 cm³/mol. The smallest absolute Gasteiger partial charge is 0.274 e. The Hall–Kier alpha value is -2.87. The average molecular weight is 429 g/mol. The molecule has 1 amide bonds. The van der Waals surface area contributed by atoms with Gasteiger partial charge in [-0.2, -0.15) is 0 Å². The molecule has 4 rings (SSSR count). The van der Waals surface area contributed by atoms with E-state index in [1.54, 1.807) is 4.68 Å². The topological polar surface area (TPSA) is 78.3 Å². The first-order valence-corrected chi connectivity index (χ1v) is 9.21. The SMILES string of the molecule is Cc1c(C(=O)NC(C)c2ccc3c(c2)OCO3)nnn1-c1cccc(Br)c1. The van der Waals surface area contributed by atoms with Crippen LogP contribution in [0.2, 0.25) is 0 Å². The molecule has 1 aliphatic rings. The molecule has 7 nitrogen and oxygen atoms in total. The third kappa shape index (κ3) is 3.40. The van der Waals surface area contributed by atoms with Crippen molar-refractivity contribution in [3.63, 3.8) is 0 Å². The van der Waals surface area contributed by atoms with Gasteiger partial charge in [-0.05, 0) is 49.7 Å². The number of aromatic nitrogens is 3. The van der Waals surface area contributed by atoms with Gasteiger partial charge in [-0.3, -0.25) is 4.79 Å². The van der Waals surface area contributed by atoms with E-state index in [9.17, 15) is 4.79 Å². The van der Waals surface area contributed by atoms with Gasteiger partial charge in [-0.1, -0.05) is 33.3 Å². The van der Waals surface area contributed by atoms with E-state index in [4.69, 9.17) is 9.47 Å². The molecule has 2 heterocycles. The lowest BCUT2D eigenvalue weighted by molar-refractivity contribution is 0.0934. The standard InChI is InChI=1S/C19H17BrN4O3/c1-11(13-6-7-16-17(8-13)27-10-26-16)21-19(25)18-12(2)24(23-22-18)15-5-3-4-14(20)9-15/h3-9,11H,10H2,1-2H3,(H,21,25). The summed E-state index contributed by atoms with van der Waals surface area (Å²) in [5, 5.41) is 11.2. The maximum Gasteiger partial charge on any atom is 0.274 e. The maximum absolute atomic E-state index is 12.7. The Kier molecular flexibility index (Phi) is 4.57. The number of carbonyl (C=O) groups is 1. The predicted octanol–water partition coefficient (Wildman–Crippen LogP) is 3.56. The van der Waals surface area contributed by atoms with Crippen molar-refractivity contribution >= 4 is 21.8 Å². The number of nitrogens with one attached hydrogen (secondary N) is 1. The Balaban J connectivity index is 1.53. The molecule has 0 saturated heterocycles. The van der Waals surface area contributed by atoms with Crippen LogP contribution in [-0.2, 0) is 0 Å². The van der Waals surface area contributed by atoms with Crippen LogP contribution >= 0.6 is 15.9 Å². The summed E-state index contributed by atoms with van der Waals surface area (Å²) in [6.45, 7) is 3.95. The van der Waals surface area contributed by atoms with Gasteiger partial charge in [0.1, 0.15) is 0 Å². The number of hydrogen-bond acceptors (Lipinski definition) is 5. The number of halogens is 1. The zero-order valence-corrected chi connectivity index (χ0v) is 16.4. The molecule has 1 aromatic heterocycles. The van der Waals surface area contributed by atoms with E-state index in [1.165, 1.54) is 0 Å². The Morgan fingerprint density at radius 3 is 2.85 bits per heavy atom. The number of rotatable bonds is 4. The number of hydrogen-bond donors (Lipinski definition) is 1. The highest BCUT2D eigenvalue weighted by Gasteiger charge is 2.21. The summed E-state index contributed by atoms with van der Waals surface area (Å²) in [6, 6.07) is 13.1. The number of nitrogens with zero attached hydrogens (tertiary/aromatic N) is 3. The van der Waals surface area contributed by atoms with Crippen molar-refractivity contribution in [3.05, 3.63) is 63.9 Å². The van der Waals surface area contributed by atoms with Crippen molar-refractivity contribution in [2.24, 2.45) is 0 Å². The number of benzene rings is 2. The molecule has 0 fully saturated rings.